The van der Waals surface area contributed by atoms with Gasteiger partial charge in [-0.15, -0.1) is 0 Å². The standard InChI is InChI=1S/C26H34N4O/c1-4-31-22-9-7-8-19(16-22)18-27-20-12-14-21(15-13-20)28-26-17-25(30(2)3)23-10-5-6-11-24(23)29-26/h5-11,16-17,20-21,27H,4,12-15,18H2,1-3H3,(H,28,29). The minimum atomic E-state index is 0.475. The summed E-state index contributed by atoms with van der Waals surface area (Å²) in [6.45, 7) is 3.62. The Morgan fingerprint density at radius 1 is 0.968 bits per heavy atom. The second kappa shape index (κ2) is 10.0. The first kappa shape index (κ1) is 21.4. The smallest absolute Gasteiger partial charge is 0.128 e. The molecule has 0 unspecified atom stereocenters. The summed E-state index contributed by atoms with van der Waals surface area (Å²) in [4.78, 5) is 7.03. The molecule has 1 fully saturated rings. The molecule has 3 aromatic rings. The van der Waals surface area contributed by atoms with Crippen LogP contribution >= 0.6 is 0 Å². The minimum absolute atomic E-state index is 0.475. The van der Waals surface area contributed by atoms with Gasteiger partial charge in [0.15, 0.2) is 0 Å². The second-order valence-corrected chi connectivity index (χ2v) is 8.59. The van der Waals surface area contributed by atoms with Crippen molar-refractivity contribution in [1.29, 1.82) is 0 Å². The molecule has 4 rings (SSSR count). The van der Waals surface area contributed by atoms with E-state index in [0.717, 1.165) is 36.5 Å². The van der Waals surface area contributed by atoms with Crippen molar-refractivity contribution < 1.29 is 4.74 Å². The molecule has 0 saturated heterocycles. The molecule has 0 bridgehead atoms. The lowest BCUT2D eigenvalue weighted by molar-refractivity contribution is 0.338. The summed E-state index contributed by atoms with van der Waals surface area (Å²) < 4.78 is 5.61. The number of nitrogens with zero attached hydrogens (tertiary/aromatic N) is 2. The predicted octanol–water partition coefficient (Wildman–Crippen LogP) is 5.21. The molecule has 0 atom stereocenters. The maximum atomic E-state index is 5.61. The van der Waals surface area contributed by atoms with E-state index >= 15 is 0 Å². The summed E-state index contributed by atoms with van der Waals surface area (Å²) in [6, 6.07) is 20.0. The van der Waals surface area contributed by atoms with E-state index in [1.54, 1.807) is 0 Å². The lowest BCUT2D eigenvalue weighted by atomic mass is 9.91. The molecule has 1 saturated carbocycles. The SMILES string of the molecule is CCOc1cccc(CNC2CCC(Nc3cc(N(C)C)c4ccccc4n3)CC2)c1. The number of fused-ring (bicyclic) bond motifs is 1. The van der Waals surface area contributed by atoms with E-state index < -0.39 is 0 Å². The highest BCUT2D eigenvalue weighted by Crippen LogP contribution is 2.29. The van der Waals surface area contributed by atoms with E-state index in [1.807, 2.05) is 13.0 Å². The Balaban J connectivity index is 1.32. The van der Waals surface area contributed by atoms with Gasteiger partial charge in [-0.25, -0.2) is 4.98 Å². The number of hydrogen-bond acceptors (Lipinski definition) is 5. The van der Waals surface area contributed by atoms with Crippen LogP contribution in [0.4, 0.5) is 11.5 Å². The third kappa shape index (κ3) is 5.47. The van der Waals surface area contributed by atoms with Crippen LogP contribution in [0.5, 0.6) is 5.75 Å². The van der Waals surface area contributed by atoms with Gasteiger partial charge in [0.25, 0.3) is 0 Å². The molecule has 0 aliphatic heterocycles. The molecule has 1 aliphatic carbocycles. The van der Waals surface area contributed by atoms with E-state index in [4.69, 9.17) is 9.72 Å². The summed E-state index contributed by atoms with van der Waals surface area (Å²) in [6.07, 6.45) is 4.67. The number of nitrogens with one attached hydrogen (secondary N) is 2. The first-order valence-corrected chi connectivity index (χ1v) is 11.4. The number of aromatic nitrogens is 1. The van der Waals surface area contributed by atoms with Crippen molar-refractivity contribution in [3.05, 3.63) is 60.2 Å². The number of pyridine rings is 1. The van der Waals surface area contributed by atoms with Crippen molar-refractivity contribution >= 4 is 22.4 Å². The molecule has 0 spiro atoms. The van der Waals surface area contributed by atoms with Crippen LogP contribution in [0.2, 0.25) is 0 Å². The zero-order valence-corrected chi connectivity index (χ0v) is 18.9. The monoisotopic (exact) mass is 418 g/mol. The number of para-hydroxylation sites is 1. The van der Waals surface area contributed by atoms with E-state index in [-0.39, 0.29) is 0 Å². The molecule has 1 aliphatic rings. The molecule has 2 aromatic carbocycles. The van der Waals surface area contributed by atoms with Crippen molar-refractivity contribution in [1.82, 2.24) is 10.3 Å². The highest BCUT2D eigenvalue weighted by molar-refractivity contribution is 5.93. The van der Waals surface area contributed by atoms with Gasteiger partial charge in [-0.3, -0.25) is 0 Å². The average molecular weight is 419 g/mol. The lowest BCUT2D eigenvalue weighted by Gasteiger charge is -2.30. The van der Waals surface area contributed by atoms with Crippen molar-refractivity contribution in [3.63, 3.8) is 0 Å². The fraction of sp³-hybridized carbons (Fsp3) is 0.423. The minimum Gasteiger partial charge on any atom is -0.494 e. The van der Waals surface area contributed by atoms with Gasteiger partial charge < -0.3 is 20.3 Å². The molecule has 5 heteroatoms. The summed E-state index contributed by atoms with van der Waals surface area (Å²) in [7, 11) is 4.18. The molecule has 1 aromatic heterocycles. The van der Waals surface area contributed by atoms with Gasteiger partial charge in [0.1, 0.15) is 11.6 Å². The Labute approximate surface area is 185 Å². The highest BCUT2D eigenvalue weighted by atomic mass is 16.5. The van der Waals surface area contributed by atoms with Crippen LogP contribution < -0.4 is 20.3 Å². The van der Waals surface area contributed by atoms with Crippen LogP contribution in [0.15, 0.2) is 54.6 Å². The third-order valence-corrected chi connectivity index (χ3v) is 6.06. The molecule has 31 heavy (non-hydrogen) atoms. The van der Waals surface area contributed by atoms with Gasteiger partial charge in [0, 0.05) is 49.9 Å². The Morgan fingerprint density at radius 3 is 2.52 bits per heavy atom. The summed E-state index contributed by atoms with van der Waals surface area (Å²) >= 11 is 0. The number of ether oxygens (including phenoxy) is 1. The van der Waals surface area contributed by atoms with Gasteiger partial charge in [-0.05, 0) is 56.4 Å². The van der Waals surface area contributed by atoms with Crippen LogP contribution in [-0.4, -0.2) is 37.8 Å². The number of benzene rings is 2. The normalized spacial score (nSPS) is 18.7. The molecule has 0 amide bonds. The molecule has 0 radical (unpaired) electrons. The van der Waals surface area contributed by atoms with Crippen LogP contribution in [0.3, 0.4) is 0 Å². The molecule has 2 N–H and O–H groups in total. The molecule has 1 heterocycles. The largest absolute Gasteiger partial charge is 0.494 e. The second-order valence-electron chi connectivity index (χ2n) is 8.59. The molecule has 164 valence electrons. The Morgan fingerprint density at radius 2 is 1.74 bits per heavy atom. The van der Waals surface area contributed by atoms with Crippen LogP contribution in [0, 0.1) is 0 Å². The van der Waals surface area contributed by atoms with Gasteiger partial charge in [-0.1, -0.05) is 30.3 Å². The Hall–Kier alpha value is -2.79. The quantitative estimate of drug-likeness (QED) is 0.526. The van der Waals surface area contributed by atoms with Crippen LogP contribution in [0.25, 0.3) is 10.9 Å². The zero-order chi connectivity index (χ0) is 21.6. The predicted molar refractivity (Wildman–Crippen MR) is 130 cm³/mol. The number of hydrogen-bond donors (Lipinski definition) is 2. The van der Waals surface area contributed by atoms with Gasteiger partial charge in [0.05, 0.1) is 12.1 Å². The van der Waals surface area contributed by atoms with E-state index in [0.29, 0.717) is 18.7 Å². The van der Waals surface area contributed by atoms with Gasteiger partial charge >= 0.3 is 0 Å². The van der Waals surface area contributed by atoms with Crippen molar-refractivity contribution in [2.75, 3.05) is 30.9 Å². The summed E-state index contributed by atoms with van der Waals surface area (Å²) in [5.41, 5.74) is 3.53. The fourth-order valence-electron chi connectivity index (χ4n) is 4.43. The molecular weight excluding hydrogens is 384 g/mol. The number of rotatable bonds is 8. The summed E-state index contributed by atoms with van der Waals surface area (Å²) in [5.74, 6) is 1.93. The lowest BCUT2D eigenvalue weighted by Crippen LogP contribution is -2.36. The maximum Gasteiger partial charge on any atom is 0.128 e. The van der Waals surface area contributed by atoms with E-state index in [2.05, 4.69) is 78.2 Å². The van der Waals surface area contributed by atoms with Crippen LogP contribution in [0.1, 0.15) is 38.2 Å². The van der Waals surface area contributed by atoms with Crippen molar-refractivity contribution in [2.45, 2.75) is 51.2 Å². The van der Waals surface area contributed by atoms with Crippen LogP contribution in [-0.2, 0) is 6.54 Å². The van der Waals surface area contributed by atoms with E-state index in [1.165, 1.54) is 29.5 Å². The highest BCUT2D eigenvalue weighted by Gasteiger charge is 2.21. The van der Waals surface area contributed by atoms with Gasteiger partial charge in [0.2, 0.25) is 0 Å². The first-order chi connectivity index (χ1) is 15.1. The number of anilines is 2. The van der Waals surface area contributed by atoms with Gasteiger partial charge in [-0.2, -0.15) is 0 Å². The first-order valence-electron chi connectivity index (χ1n) is 11.4. The fourth-order valence-corrected chi connectivity index (χ4v) is 4.43. The molecule has 5 nitrogen and oxygen atoms in total. The summed E-state index contributed by atoms with van der Waals surface area (Å²) in [5, 5.41) is 8.63. The Kier molecular flexibility index (Phi) is 6.92. The zero-order valence-electron chi connectivity index (χ0n) is 18.9. The topological polar surface area (TPSA) is 49.4 Å². The maximum absolute atomic E-state index is 5.61. The Bertz CT molecular complexity index is 996. The van der Waals surface area contributed by atoms with Crippen molar-refractivity contribution in [2.24, 2.45) is 0 Å². The average Bonchev–Trinajstić information content (AvgIpc) is 2.78. The third-order valence-electron chi connectivity index (χ3n) is 6.06. The van der Waals surface area contributed by atoms with E-state index in [9.17, 15) is 0 Å². The molecular formula is C26H34N4O. The van der Waals surface area contributed by atoms with Crippen molar-refractivity contribution in [3.8, 4) is 5.75 Å².